The molecule has 47 heavy (non-hydrogen) atoms. The minimum atomic E-state index is -5.26. The molecule has 0 aromatic carbocycles. The summed E-state index contributed by atoms with van der Waals surface area (Å²) in [4.78, 5) is 39.0. The zero-order valence-electron chi connectivity index (χ0n) is 26.7. The van der Waals surface area contributed by atoms with E-state index in [2.05, 4.69) is 6.58 Å². The Bertz CT molecular complexity index is 1370. The normalized spacial score (nSPS) is 42.8. The fourth-order valence-corrected chi connectivity index (χ4v) is 10.5. The Morgan fingerprint density at radius 1 is 1.02 bits per heavy atom. The Hall–Kier alpha value is -2.18. The van der Waals surface area contributed by atoms with Crippen LogP contribution in [0.4, 0.5) is 0 Å². The first kappa shape index (κ1) is 36.1. The van der Waals surface area contributed by atoms with E-state index in [0.29, 0.717) is 25.7 Å². The van der Waals surface area contributed by atoms with Crippen LogP contribution in [0.1, 0.15) is 72.1 Å². The smallest absolute Gasteiger partial charge is 0.397 e. The number of rotatable bonds is 10. The molecule has 6 N–H and O–H groups in total. The average molecular weight is 691 g/mol. The number of fused-ring (bicyclic) bond motifs is 3. The highest BCUT2D eigenvalue weighted by Gasteiger charge is 2.72. The van der Waals surface area contributed by atoms with Crippen molar-refractivity contribution in [1.82, 2.24) is 0 Å². The van der Waals surface area contributed by atoms with E-state index in [1.54, 1.807) is 13.8 Å². The van der Waals surface area contributed by atoms with Crippen LogP contribution in [0.15, 0.2) is 12.2 Å². The van der Waals surface area contributed by atoms with Crippen LogP contribution in [0.3, 0.4) is 0 Å². The SMILES string of the molecule is C=C1[C@@H]2CC[C@H]3[C@]4(C)C[C@H](O[C@@H]5O[C@H](CO)[C@@H](O)[C@H](OS(=O)(=O)O)[C@H]5OC(=O)CC(C)C)CC(C(=O)O)(C(=O)O)[C@H]4CC[C@]3(C2)[C@H]1O. The third kappa shape index (κ3) is 6.02. The lowest BCUT2D eigenvalue weighted by atomic mass is 9.40. The number of carboxylic acids is 2. The molecule has 0 aromatic rings. The molecule has 1 aliphatic heterocycles. The second-order valence-corrected chi connectivity index (χ2v) is 15.9. The van der Waals surface area contributed by atoms with Crippen molar-refractivity contribution in [2.45, 2.75) is 115 Å². The number of carbonyl (C=O) groups is 3. The van der Waals surface area contributed by atoms with Crippen LogP contribution in [0.5, 0.6) is 0 Å². The summed E-state index contributed by atoms with van der Waals surface area (Å²) in [5.41, 5.74) is -3.20. The van der Waals surface area contributed by atoms with Gasteiger partial charge < -0.3 is 39.7 Å². The zero-order valence-corrected chi connectivity index (χ0v) is 27.5. The minimum absolute atomic E-state index is 0.110. The molecule has 0 unspecified atom stereocenters. The van der Waals surface area contributed by atoms with Crippen LogP contribution >= 0.6 is 0 Å². The van der Waals surface area contributed by atoms with Crippen LogP contribution in [0.2, 0.25) is 0 Å². The highest BCUT2D eigenvalue weighted by Crippen LogP contribution is 2.72. The Kier molecular flexibility index (Phi) is 9.69. The average Bonchev–Trinajstić information content (AvgIpc) is 3.13. The van der Waals surface area contributed by atoms with Crippen molar-refractivity contribution in [2.24, 2.45) is 39.9 Å². The summed E-state index contributed by atoms with van der Waals surface area (Å²) in [7, 11) is -5.26. The molecule has 5 fully saturated rings. The second-order valence-electron chi connectivity index (χ2n) is 14.8. The Morgan fingerprint density at radius 2 is 1.68 bits per heavy atom. The second kappa shape index (κ2) is 12.6. The molecular weight excluding hydrogens is 644 g/mol. The lowest BCUT2D eigenvalue weighted by Gasteiger charge is -2.64. The molecule has 1 saturated heterocycles. The van der Waals surface area contributed by atoms with Crippen molar-refractivity contribution in [3.05, 3.63) is 12.2 Å². The van der Waals surface area contributed by atoms with Crippen molar-refractivity contribution in [3.63, 3.8) is 0 Å². The quantitative estimate of drug-likeness (QED) is 0.0622. The number of hydrogen-bond donors (Lipinski definition) is 6. The van der Waals surface area contributed by atoms with Crippen LogP contribution in [0.25, 0.3) is 0 Å². The fraction of sp³-hybridized carbons (Fsp3) is 0.839. The van der Waals surface area contributed by atoms with E-state index in [1.807, 2.05) is 6.92 Å². The molecule has 1 heterocycles. The third-order valence-electron chi connectivity index (χ3n) is 11.8. The first-order valence-corrected chi connectivity index (χ1v) is 17.5. The number of hydrogen-bond acceptors (Lipinski definition) is 12. The molecule has 16 heteroatoms. The lowest BCUT2D eigenvalue weighted by molar-refractivity contribution is -0.321. The number of aliphatic carboxylic acids is 2. The van der Waals surface area contributed by atoms with Gasteiger partial charge in [-0.25, -0.2) is 4.18 Å². The molecule has 5 rings (SSSR count). The molecule has 266 valence electrons. The number of ether oxygens (including phenoxy) is 3. The van der Waals surface area contributed by atoms with Gasteiger partial charge in [-0.2, -0.15) is 8.42 Å². The fourth-order valence-electron chi connectivity index (χ4n) is 10.0. The molecule has 12 atom stereocenters. The molecule has 0 radical (unpaired) electrons. The van der Waals surface area contributed by atoms with E-state index in [9.17, 15) is 52.9 Å². The number of aliphatic hydroxyl groups excluding tert-OH is 3. The predicted molar refractivity (Wildman–Crippen MR) is 159 cm³/mol. The Balaban J connectivity index is 1.55. The van der Waals surface area contributed by atoms with Gasteiger partial charge in [0.25, 0.3) is 0 Å². The number of aliphatic hydroxyl groups is 3. The van der Waals surface area contributed by atoms with Crippen molar-refractivity contribution in [2.75, 3.05) is 6.61 Å². The van der Waals surface area contributed by atoms with Crippen molar-refractivity contribution >= 4 is 28.3 Å². The molecule has 0 amide bonds. The number of carboxylic acid groups (broad SMARTS) is 2. The molecule has 4 aliphatic carbocycles. The van der Waals surface area contributed by atoms with Gasteiger partial charge in [-0.3, -0.25) is 18.9 Å². The van der Waals surface area contributed by atoms with E-state index in [-0.39, 0.29) is 37.0 Å². The Morgan fingerprint density at radius 3 is 2.26 bits per heavy atom. The van der Waals surface area contributed by atoms with Crippen LogP contribution < -0.4 is 0 Å². The van der Waals surface area contributed by atoms with Gasteiger partial charge in [-0.15, -0.1) is 0 Å². The molecular formula is C31H46O15S. The molecule has 15 nitrogen and oxygen atoms in total. The standard InChI is InChI=1S/C31H46O15S/c1-14(2)9-21(33)45-24-23(46-47(40,41)42)22(34)18(13-32)44-26(24)43-17-11-29(4)19-6-5-16-10-30(19,25(35)15(16)3)8-7-20(29)31(12-17,27(36)37)28(38)39/h14,16-20,22-26,32,34-35H,3,5-13H2,1-2,4H3,(H,36,37)(H,38,39)(H,40,41,42)/t16-,17+,18-,19+,20+,22-,23+,24-,25+,26-,29+,30-/m1/s1. The van der Waals surface area contributed by atoms with Crippen molar-refractivity contribution in [1.29, 1.82) is 0 Å². The van der Waals surface area contributed by atoms with Gasteiger partial charge in [0.05, 0.1) is 18.8 Å². The highest BCUT2D eigenvalue weighted by atomic mass is 32.3. The molecule has 1 spiro atoms. The van der Waals surface area contributed by atoms with Gasteiger partial charge in [0.15, 0.2) is 17.8 Å². The third-order valence-corrected chi connectivity index (χ3v) is 12.3. The van der Waals surface area contributed by atoms with Crippen LogP contribution in [-0.4, -0.2) is 106 Å². The summed E-state index contributed by atoms with van der Waals surface area (Å²) in [5, 5.41) is 53.5. The summed E-state index contributed by atoms with van der Waals surface area (Å²) in [6.07, 6.45) is -9.11. The van der Waals surface area contributed by atoms with E-state index < -0.39 is 106 Å². The molecule has 4 saturated carbocycles. The van der Waals surface area contributed by atoms with Crippen LogP contribution in [0, 0.1) is 39.9 Å². The van der Waals surface area contributed by atoms with Gasteiger partial charge in [0.2, 0.25) is 0 Å². The summed E-state index contributed by atoms with van der Waals surface area (Å²) in [5.74, 6) is -5.21. The summed E-state index contributed by atoms with van der Waals surface area (Å²) in [6, 6.07) is 0. The summed E-state index contributed by atoms with van der Waals surface area (Å²) in [6.45, 7) is 8.52. The maximum Gasteiger partial charge on any atom is 0.397 e. The monoisotopic (exact) mass is 690 g/mol. The molecule has 5 aliphatic rings. The van der Waals surface area contributed by atoms with E-state index in [4.69, 9.17) is 18.4 Å². The first-order chi connectivity index (χ1) is 21.8. The van der Waals surface area contributed by atoms with Gasteiger partial charge in [-0.05, 0) is 73.2 Å². The predicted octanol–water partition coefficient (Wildman–Crippen LogP) is 1.29. The van der Waals surface area contributed by atoms with Gasteiger partial charge in [0, 0.05) is 18.3 Å². The van der Waals surface area contributed by atoms with Crippen molar-refractivity contribution in [3.8, 4) is 0 Å². The van der Waals surface area contributed by atoms with E-state index in [1.165, 1.54) is 0 Å². The zero-order chi connectivity index (χ0) is 34.9. The first-order valence-electron chi connectivity index (χ1n) is 16.1. The largest absolute Gasteiger partial charge is 0.480 e. The van der Waals surface area contributed by atoms with Gasteiger partial charge >= 0.3 is 28.3 Å². The molecule has 0 aromatic heterocycles. The van der Waals surface area contributed by atoms with Crippen LogP contribution in [-0.2, 0) is 43.2 Å². The number of carbonyl (C=O) groups excluding carboxylic acids is 1. The topological polar surface area (TPSA) is 244 Å². The summed E-state index contributed by atoms with van der Waals surface area (Å²) >= 11 is 0. The minimum Gasteiger partial charge on any atom is -0.480 e. The summed E-state index contributed by atoms with van der Waals surface area (Å²) < 4.78 is 55.4. The van der Waals surface area contributed by atoms with Gasteiger partial charge in [-0.1, -0.05) is 27.4 Å². The maximum absolute atomic E-state index is 13.1. The Labute approximate surface area is 273 Å². The van der Waals surface area contributed by atoms with E-state index in [0.717, 1.165) is 5.57 Å². The maximum atomic E-state index is 13.1. The highest BCUT2D eigenvalue weighted by molar-refractivity contribution is 7.80. The van der Waals surface area contributed by atoms with Gasteiger partial charge in [0.1, 0.15) is 18.3 Å². The van der Waals surface area contributed by atoms with E-state index >= 15 is 0 Å². The lowest BCUT2D eigenvalue weighted by Crippen LogP contribution is -2.66. The van der Waals surface area contributed by atoms with Crippen molar-refractivity contribution < 1.29 is 71.3 Å². The molecule has 2 bridgehead atoms. The number of esters is 1.